The fraction of sp³-hybridized carbons (Fsp3) is 0.280. The number of nitrogens with zero attached hydrogens (tertiary/aromatic N) is 1. The minimum Gasteiger partial charge on any atom is -0.300 e. The van der Waals surface area contributed by atoms with Gasteiger partial charge in [0.25, 0.3) is 0 Å². The first-order chi connectivity index (χ1) is 14.7. The molecule has 0 aliphatic heterocycles. The molecule has 0 bridgehead atoms. The van der Waals surface area contributed by atoms with Crippen LogP contribution in [0.15, 0.2) is 65.6 Å². The van der Waals surface area contributed by atoms with E-state index in [1.54, 1.807) is 12.1 Å². The molecule has 3 aromatic carbocycles. The predicted molar refractivity (Wildman–Crippen MR) is 120 cm³/mol. The average molecular weight is 444 g/mol. The van der Waals surface area contributed by atoms with Crippen molar-refractivity contribution < 1.29 is 17.2 Å². The van der Waals surface area contributed by atoms with Crippen LogP contribution in [0.5, 0.6) is 0 Å². The molecule has 0 aliphatic carbocycles. The van der Waals surface area contributed by atoms with Gasteiger partial charge >= 0.3 is 0 Å². The third kappa shape index (κ3) is 5.38. The zero-order valence-electron chi connectivity index (χ0n) is 18.0. The highest BCUT2D eigenvalue weighted by atomic mass is 32.2. The summed E-state index contributed by atoms with van der Waals surface area (Å²) in [6, 6.07) is 15.2. The summed E-state index contributed by atoms with van der Waals surface area (Å²) in [5.41, 5.74) is 3.61. The van der Waals surface area contributed by atoms with Crippen LogP contribution in [0, 0.1) is 18.6 Å². The molecule has 3 aromatic rings. The summed E-state index contributed by atoms with van der Waals surface area (Å²) in [4.78, 5) is 2.46. The lowest BCUT2D eigenvalue weighted by Crippen LogP contribution is -2.22. The van der Waals surface area contributed by atoms with E-state index in [1.165, 1.54) is 24.3 Å². The van der Waals surface area contributed by atoms with Crippen LogP contribution in [0.4, 0.5) is 8.78 Å². The Morgan fingerprint density at radius 2 is 1.52 bits per heavy atom. The maximum atomic E-state index is 14.0. The maximum Gasteiger partial charge on any atom is 0.182 e. The van der Waals surface area contributed by atoms with E-state index in [9.17, 15) is 17.2 Å². The molecule has 0 amide bonds. The fourth-order valence-electron chi connectivity index (χ4n) is 3.61. The Morgan fingerprint density at radius 3 is 2.13 bits per heavy atom. The zero-order valence-corrected chi connectivity index (χ0v) is 18.8. The summed E-state index contributed by atoms with van der Waals surface area (Å²) in [6.07, 6.45) is 0. The topological polar surface area (TPSA) is 37.4 Å². The van der Waals surface area contributed by atoms with Gasteiger partial charge in [-0.25, -0.2) is 17.2 Å². The van der Waals surface area contributed by atoms with Gasteiger partial charge in [0.2, 0.25) is 0 Å². The molecule has 0 unspecified atom stereocenters. The van der Waals surface area contributed by atoms with Crippen LogP contribution >= 0.6 is 0 Å². The molecular weight excluding hydrogens is 416 g/mol. The number of benzene rings is 3. The summed E-state index contributed by atoms with van der Waals surface area (Å²) in [5.74, 6) is -1.44. The van der Waals surface area contributed by atoms with Crippen molar-refractivity contribution >= 4 is 9.84 Å². The van der Waals surface area contributed by atoms with Crippen LogP contribution < -0.4 is 0 Å². The second-order valence-corrected chi connectivity index (χ2v) is 9.56. The molecule has 0 saturated carbocycles. The summed E-state index contributed by atoms with van der Waals surface area (Å²) in [5, 5.41) is 0. The number of hydrogen-bond donors (Lipinski definition) is 0. The molecule has 0 saturated heterocycles. The summed E-state index contributed by atoms with van der Waals surface area (Å²) >= 11 is 0. The van der Waals surface area contributed by atoms with Crippen molar-refractivity contribution in [1.82, 2.24) is 4.90 Å². The van der Waals surface area contributed by atoms with E-state index >= 15 is 0 Å². The van der Waals surface area contributed by atoms with Gasteiger partial charge in [-0.15, -0.1) is 0 Å². The Balaban J connectivity index is 1.84. The van der Waals surface area contributed by atoms with E-state index in [0.29, 0.717) is 5.56 Å². The van der Waals surface area contributed by atoms with Gasteiger partial charge in [0, 0.05) is 18.2 Å². The predicted octanol–water partition coefficient (Wildman–Crippen LogP) is 5.76. The van der Waals surface area contributed by atoms with Gasteiger partial charge in [-0.3, -0.25) is 4.90 Å². The molecule has 0 spiro atoms. The first kappa shape index (κ1) is 23.1. The molecule has 0 aliphatic rings. The second kappa shape index (κ2) is 9.71. The van der Waals surface area contributed by atoms with Gasteiger partial charge in [-0.05, 0) is 66.5 Å². The molecule has 0 radical (unpaired) electrons. The van der Waals surface area contributed by atoms with Crippen LogP contribution in [0.3, 0.4) is 0 Å². The van der Waals surface area contributed by atoms with Gasteiger partial charge in [0.1, 0.15) is 11.6 Å². The van der Waals surface area contributed by atoms with E-state index in [4.69, 9.17) is 0 Å². The first-order valence-corrected chi connectivity index (χ1v) is 12.0. The highest BCUT2D eigenvalue weighted by Crippen LogP contribution is 2.27. The van der Waals surface area contributed by atoms with Gasteiger partial charge < -0.3 is 0 Å². The smallest absolute Gasteiger partial charge is 0.182 e. The molecule has 0 fully saturated rings. The standard InChI is InChI=1S/C25H27F2NO2S/c1-4-28(5-2)16-20-7-6-8-21(18(20)3)17-31(29,30)23-12-9-19(10-13-23)24-14-11-22(26)15-25(24)27/h6-15H,4-5,16-17H2,1-3H3. The Morgan fingerprint density at radius 1 is 0.871 bits per heavy atom. The van der Waals surface area contributed by atoms with E-state index in [0.717, 1.165) is 42.4 Å². The monoisotopic (exact) mass is 443 g/mol. The number of halogens is 2. The van der Waals surface area contributed by atoms with Gasteiger partial charge in [-0.2, -0.15) is 0 Å². The van der Waals surface area contributed by atoms with Crippen molar-refractivity contribution in [3.8, 4) is 11.1 Å². The third-order valence-corrected chi connectivity index (χ3v) is 7.33. The molecule has 31 heavy (non-hydrogen) atoms. The lowest BCUT2D eigenvalue weighted by Gasteiger charge is -2.20. The minimum absolute atomic E-state index is 0.102. The van der Waals surface area contributed by atoms with Crippen molar-refractivity contribution in [2.45, 2.75) is 38.0 Å². The zero-order chi connectivity index (χ0) is 22.6. The number of hydrogen-bond acceptors (Lipinski definition) is 3. The van der Waals surface area contributed by atoms with Gasteiger partial charge in [0.05, 0.1) is 10.6 Å². The lowest BCUT2D eigenvalue weighted by atomic mass is 10.0. The van der Waals surface area contributed by atoms with Crippen LogP contribution in [-0.2, 0) is 22.1 Å². The van der Waals surface area contributed by atoms with Crippen LogP contribution in [0.2, 0.25) is 0 Å². The van der Waals surface area contributed by atoms with Crippen molar-refractivity contribution in [1.29, 1.82) is 0 Å². The Hall–Kier alpha value is -2.57. The molecular formula is C25H27F2NO2S. The largest absolute Gasteiger partial charge is 0.300 e. The Kier molecular flexibility index (Phi) is 7.23. The summed E-state index contributed by atoms with van der Waals surface area (Å²) < 4.78 is 53.2. The molecule has 164 valence electrons. The molecule has 0 heterocycles. The fourth-order valence-corrected chi connectivity index (χ4v) is 5.05. The normalized spacial score (nSPS) is 11.8. The quantitative estimate of drug-likeness (QED) is 0.444. The molecule has 3 rings (SSSR count). The van der Waals surface area contributed by atoms with Crippen LogP contribution in [-0.4, -0.2) is 26.4 Å². The van der Waals surface area contributed by atoms with Crippen molar-refractivity contribution in [3.05, 3.63) is 89.0 Å². The highest BCUT2D eigenvalue weighted by Gasteiger charge is 2.18. The van der Waals surface area contributed by atoms with Crippen molar-refractivity contribution in [2.75, 3.05) is 13.1 Å². The summed E-state index contributed by atoms with van der Waals surface area (Å²) in [6.45, 7) is 8.82. The molecule has 0 aromatic heterocycles. The van der Waals surface area contributed by atoms with E-state index < -0.39 is 21.5 Å². The molecule has 3 nitrogen and oxygen atoms in total. The third-order valence-electron chi connectivity index (χ3n) is 5.65. The van der Waals surface area contributed by atoms with E-state index in [2.05, 4.69) is 18.7 Å². The Bertz CT molecular complexity index is 1150. The average Bonchev–Trinajstić information content (AvgIpc) is 2.74. The highest BCUT2D eigenvalue weighted by molar-refractivity contribution is 7.90. The molecule has 6 heteroatoms. The molecule has 0 N–H and O–H groups in total. The number of sulfone groups is 1. The van der Waals surface area contributed by atoms with Crippen molar-refractivity contribution in [2.24, 2.45) is 0 Å². The lowest BCUT2D eigenvalue weighted by molar-refractivity contribution is 0.295. The SMILES string of the molecule is CCN(CC)Cc1cccc(CS(=O)(=O)c2ccc(-c3ccc(F)cc3F)cc2)c1C. The maximum absolute atomic E-state index is 14.0. The van der Waals surface area contributed by atoms with Crippen molar-refractivity contribution in [3.63, 3.8) is 0 Å². The van der Waals surface area contributed by atoms with Crippen LogP contribution in [0.1, 0.15) is 30.5 Å². The Labute approximate surface area is 183 Å². The first-order valence-electron chi connectivity index (χ1n) is 10.3. The van der Waals surface area contributed by atoms with E-state index in [-0.39, 0.29) is 16.2 Å². The van der Waals surface area contributed by atoms with Gasteiger partial charge in [-0.1, -0.05) is 44.2 Å². The van der Waals surface area contributed by atoms with E-state index in [1.807, 2.05) is 25.1 Å². The summed E-state index contributed by atoms with van der Waals surface area (Å²) in [7, 11) is -3.58. The van der Waals surface area contributed by atoms with Crippen LogP contribution in [0.25, 0.3) is 11.1 Å². The molecule has 0 atom stereocenters. The minimum atomic E-state index is -3.58. The second-order valence-electron chi connectivity index (χ2n) is 7.57. The van der Waals surface area contributed by atoms with Gasteiger partial charge in [0.15, 0.2) is 9.84 Å². The number of rotatable bonds is 8.